The average Bonchev–Trinajstić information content (AvgIpc) is 3.13. The minimum absolute atomic E-state index is 0.104. The second-order valence-electron chi connectivity index (χ2n) is 7.05. The van der Waals surface area contributed by atoms with E-state index in [2.05, 4.69) is 15.6 Å². The lowest BCUT2D eigenvalue weighted by atomic mass is 9.95. The highest BCUT2D eigenvalue weighted by atomic mass is 16.6. The number of urea groups is 1. The lowest BCUT2D eigenvalue weighted by molar-refractivity contribution is 0.0453. The predicted octanol–water partition coefficient (Wildman–Crippen LogP) is 1.82. The Kier molecular flexibility index (Phi) is 4.18. The van der Waals surface area contributed by atoms with Gasteiger partial charge < -0.3 is 24.7 Å². The van der Waals surface area contributed by atoms with Gasteiger partial charge in [-0.25, -0.2) is 14.6 Å². The van der Waals surface area contributed by atoms with E-state index in [-0.39, 0.29) is 12.1 Å². The van der Waals surface area contributed by atoms with E-state index < -0.39 is 5.60 Å². The molecule has 2 aromatic heterocycles. The van der Waals surface area contributed by atoms with Crippen LogP contribution in [0.15, 0.2) is 24.4 Å². The maximum absolute atomic E-state index is 12.5. The molecule has 2 saturated heterocycles. The van der Waals surface area contributed by atoms with Crippen LogP contribution < -0.4 is 10.6 Å². The number of nitrogens with zero attached hydrogens (tertiary/aromatic N) is 3. The minimum atomic E-state index is -0.453. The lowest BCUT2D eigenvalue weighted by Crippen LogP contribution is -2.41. The average molecular weight is 357 g/mol. The van der Waals surface area contributed by atoms with Crippen molar-refractivity contribution in [2.75, 3.05) is 19.6 Å². The number of rotatable bonds is 2. The molecule has 2 aliphatic heterocycles. The molecule has 8 nitrogen and oxygen atoms in total. The largest absolute Gasteiger partial charge is 0.441 e. The zero-order valence-corrected chi connectivity index (χ0v) is 14.8. The second kappa shape index (κ2) is 6.51. The molecule has 0 aliphatic carbocycles. The Labute approximate surface area is 151 Å². The Hall–Kier alpha value is -2.77. The molecule has 0 aromatic carbocycles. The molecule has 2 N–H and O–H groups in total. The zero-order valence-electron chi connectivity index (χ0n) is 14.8. The fraction of sp³-hybridized carbons (Fsp3) is 0.500. The Bertz CT molecular complexity index is 848. The highest BCUT2D eigenvalue weighted by Crippen LogP contribution is 2.29. The van der Waals surface area contributed by atoms with Gasteiger partial charge in [0.25, 0.3) is 0 Å². The zero-order chi connectivity index (χ0) is 18.1. The minimum Gasteiger partial charge on any atom is -0.441 e. The fourth-order valence-electron chi connectivity index (χ4n) is 3.71. The van der Waals surface area contributed by atoms with Crippen LogP contribution in [0.3, 0.4) is 0 Å². The van der Waals surface area contributed by atoms with Crippen LogP contribution in [0.5, 0.6) is 0 Å². The number of likely N-dealkylation sites (tertiary alicyclic amines) is 1. The van der Waals surface area contributed by atoms with Gasteiger partial charge >= 0.3 is 12.1 Å². The number of imidazole rings is 1. The summed E-state index contributed by atoms with van der Waals surface area (Å²) in [5.41, 5.74) is 2.35. The van der Waals surface area contributed by atoms with Gasteiger partial charge in [0.2, 0.25) is 0 Å². The van der Waals surface area contributed by atoms with Crippen LogP contribution in [-0.4, -0.2) is 51.6 Å². The molecule has 0 radical (unpaired) electrons. The van der Waals surface area contributed by atoms with Gasteiger partial charge in [0, 0.05) is 31.4 Å². The van der Waals surface area contributed by atoms with Crippen molar-refractivity contribution >= 4 is 17.8 Å². The number of aryl methyl sites for hydroxylation is 1. The number of alkyl carbamates (subject to hydrolysis) is 1. The number of nitrogens with one attached hydrogen (secondary N) is 2. The van der Waals surface area contributed by atoms with Gasteiger partial charge in [-0.05, 0) is 31.9 Å². The quantitative estimate of drug-likeness (QED) is 0.858. The molecule has 1 spiro atoms. The second-order valence-corrected chi connectivity index (χ2v) is 7.05. The molecule has 138 valence electrons. The highest BCUT2D eigenvalue weighted by molar-refractivity contribution is 5.74. The van der Waals surface area contributed by atoms with Crippen LogP contribution in [0, 0.1) is 6.92 Å². The highest BCUT2D eigenvalue weighted by Gasteiger charge is 2.41. The number of aromatic nitrogens is 2. The third kappa shape index (κ3) is 3.18. The van der Waals surface area contributed by atoms with Crippen LogP contribution >= 0.6 is 0 Å². The summed E-state index contributed by atoms with van der Waals surface area (Å²) in [5, 5.41) is 5.68. The van der Waals surface area contributed by atoms with E-state index in [1.807, 2.05) is 35.7 Å². The molecule has 3 amide bonds. The number of amides is 3. The summed E-state index contributed by atoms with van der Waals surface area (Å²) in [6, 6.07) is 5.84. The van der Waals surface area contributed by atoms with E-state index in [4.69, 9.17) is 4.74 Å². The number of carbonyl (C=O) groups excluding carboxylic acids is 2. The van der Waals surface area contributed by atoms with Crippen molar-refractivity contribution in [3.05, 3.63) is 35.8 Å². The van der Waals surface area contributed by atoms with Gasteiger partial charge in [0.05, 0.1) is 18.8 Å². The maximum atomic E-state index is 12.5. The Morgan fingerprint density at radius 2 is 2.27 bits per heavy atom. The van der Waals surface area contributed by atoms with E-state index in [0.29, 0.717) is 32.6 Å². The number of ether oxygens (including phenoxy) is 1. The van der Waals surface area contributed by atoms with E-state index in [9.17, 15) is 9.59 Å². The first-order valence-corrected chi connectivity index (χ1v) is 8.98. The predicted molar refractivity (Wildman–Crippen MR) is 94.8 cm³/mol. The molecule has 2 aromatic rings. The van der Waals surface area contributed by atoms with Crippen molar-refractivity contribution in [2.24, 2.45) is 0 Å². The summed E-state index contributed by atoms with van der Waals surface area (Å²) in [7, 11) is 0. The SMILES string of the molecule is Cc1cccc2nc(CNC(=O)N3CCCC4(CC3)CNC(=O)O4)cn12. The van der Waals surface area contributed by atoms with Crippen LogP contribution in [0.1, 0.15) is 30.7 Å². The van der Waals surface area contributed by atoms with Crippen molar-refractivity contribution in [2.45, 2.75) is 38.3 Å². The summed E-state index contributed by atoms with van der Waals surface area (Å²) in [6.45, 7) is 4.18. The molecule has 2 aliphatic rings. The van der Waals surface area contributed by atoms with Crippen LogP contribution in [-0.2, 0) is 11.3 Å². The van der Waals surface area contributed by atoms with Crippen LogP contribution in [0.4, 0.5) is 9.59 Å². The number of pyridine rings is 1. The molecule has 1 unspecified atom stereocenters. The Morgan fingerprint density at radius 1 is 1.38 bits per heavy atom. The maximum Gasteiger partial charge on any atom is 0.407 e. The monoisotopic (exact) mass is 357 g/mol. The number of fused-ring (bicyclic) bond motifs is 1. The summed E-state index contributed by atoms with van der Waals surface area (Å²) >= 11 is 0. The third-order valence-corrected chi connectivity index (χ3v) is 5.22. The Balaban J connectivity index is 1.35. The van der Waals surface area contributed by atoms with Crippen LogP contribution in [0.25, 0.3) is 5.65 Å². The van der Waals surface area contributed by atoms with Crippen molar-refractivity contribution < 1.29 is 14.3 Å². The molecule has 0 bridgehead atoms. The first kappa shape index (κ1) is 16.7. The first-order chi connectivity index (χ1) is 12.5. The fourth-order valence-corrected chi connectivity index (χ4v) is 3.71. The molecule has 4 rings (SSSR count). The van der Waals surface area contributed by atoms with E-state index in [0.717, 1.165) is 29.9 Å². The van der Waals surface area contributed by atoms with Crippen LogP contribution in [0.2, 0.25) is 0 Å². The summed E-state index contributed by atoms with van der Waals surface area (Å²) in [5.74, 6) is 0. The van der Waals surface area contributed by atoms with Crippen molar-refractivity contribution in [1.29, 1.82) is 0 Å². The van der Waals surface area contributed by atoms with Gasteiger partial charge in [0.1, 0.15) is 11.2 Å². The topological polar surface area (TPSA) is 88.0 Å². The molecule has 1 atom stereocenters. The van der Waals surface area contributed by atoms with E-state index in [1.165, 1.54) is 0 Å². The van der Waals surface area contributed by atoms with Gasteiger partial charge in [-0.2, -0.15) is 0 Å². The molecular weight excluding hydrogens is 334 g/mol. The number of carbonyl (C=O) groups is 2. The smallest absolute Gasteiger partial charge is 0.407 e. The summed E-state index contributed by atoms with van der Waals surface area (Å²) in [4.78, 5) is 30.2. The molecule has 8 heteroatoms. The molecule has 2 fully saturated rings. The normalized spacial score (nSPS) is 23.0. The van der Waals surface area contributed by atoms with Gasteiger partial charge in [-0.1, -0.05) is 6.07 Å². The van der Waals surface area contributed by atoms with Gasteiger partial charge in [-0.3, -0.25) is 0 Å². The van der Waals surface area contributed by atoms with Crippen molar-refractivity contribution in [1.82, 2.24) is 24.9 Å². The molecule has 0 saturated carbocycles. The van der Waals surface area contributed by atoms with E-state index >= 15 is 0 Å². The number of hydrogen-bond donors (Lipinski definition) is 2. The summed E-state index contributed by atoms with van der Waals surface area (Å²) < 4.78 is 7.46. The lowest BCUT2D eigenvalue weighted by Gasteiger charge is -2.25. The first-order valence-electron chi connectivity index (χ1n) is 8.98. The molecule has 4 heterocycles. The van der Waals surface area contributed by atoms with E-state index in [1.54, 1.807) is 4.90 Å². The van der Waals surface area contributed by atoms with Gasteiger partial charge in [-0.15, -0.1) is 0 Å². The van der Waals surface area contributed by atoms with Gasteiger partial charge in [0.15, 0.2) is 0 Å². The molecule has 26 heavy (non-hydrogen) atoms. The Morgan fingerprint density at radius 3 is 3.04 bits per heavy atom. The third-order valence-electron chi connectivity index (χ3n) is 5.22. The standard InChI is InChI=1S/C18H23N5O3/c1-13-4-2-5-15-21-14(11-23(13)15)10-19-16(24)22-8-3-6-18(7-9-22)12-20-17(25)26-18/h2,4-5,11H,3,6-10,12H2,1H3,(H,19,24)(H,20,25). The summed E-state index contributed by atoms with van der Waals surface area (Å²) in [6.07, 6.45) is 3.85. The number of hydrogen-bond acceptors (Lipinski definition) is 4. The molecular formula is C18H23N5O3. The van der Waals surface area contributed by atoms with Crippen molar-refractivity contribution in [3.8, 4) is 0 Å². The van der Waals surface area contributed by atoms with Crippen molar-refractivity contribution in [3.63, 3.8) is 0 Å².